The monoisotopic (exact) mass is 346 g/mol. The van der Waals surface area contributed by atoms with Crippen molar-refractivity contribution in [2.75, 3.05) is 13.2 Å². The van der Waals surface area contributed by atoms with Crippen LogP contribution in [0.2, 0.25) is 5.02 Å². The summed E-state index contributed by atoms with van der Waals surface area (Å²) in [7, 11) is 0. The van der Waals surface area contributed by atoms with Crippen molar-refractivity contribution in [1.29, 1.82) is 0 Å². The summed E-state index contributed by atoms with van der Waals surface area (Å²) in [6.45, 7) is 4.75. The van der Waals surface area contributed by atoms with Crippen LogP contribution >= 0.6 is 11.6 Å². The lowest BCUT2D eigenvalue weighted by Gasteiger charge is -2.20. The minimum Gasteiger partial charge on any atom is -0.396 e. The standard InChI is InChI=1S/C19H23ClN2O2/c1-19(2,13-23)10-3-11-21-18(24)9-8-16-7-5-14-4-6-15(20)12-17(14)22-16/h4-9,12,23H,3,10-11,13H2,1-2H3,(H,21,24)/b9-8+. The predicted octanol–water partition coefficient (Wildman–Crippen LogP) is 3.82. The van der Waals surface area contributed by atoms with Crippen LogP contribution in [0.5, 0.6) is 0 Å². The van der Waals surface area contributed by atoms with Crippen LogP contribution in [-0.2, 0) is 4.79 Å². The first-order valence-electron chi connectivity index (χ1n) is 8.03. The van der Waals surface area contributed by atoms with Gasteiger partial charge in [0.2, 0.25) is 5.91 Å². The van der Waals surface area contributed by atoms with Gasteiger partial charge in [0.25, 0.3) is 0 Å². The van der Waals surface area contributed by atoms with Crippen molar-refractivity contribution in [2.24, 2.45) is 5.41 Å². The maximum atomic E-state index is 11.8. The summed E-state index contributed by atoms with van der Waals surface area (Å²) < 4.78 is 0. The molecule has 1 heterocycles. The molecule has 2 N–H and O–H groups in total. The molecular weight excluding hydrogens is 324 g/mol. The highest BCUT2D eigenvalue weighted by Crippen LogP contribution is 2.20. The van der Waals surface area contributed by atoms with E-state index in [0.29, 0.717) is 17.3 Å². The Morgan fingerprint density at radius 2 is 2.08 bits per heavy atom. The lowest BCUT2D eigenvalue weighted by atomic mass is 9.89. The largest absolute Gasteiger partial charge is 0.396 e. The number of aromatic nitrogens is 1. The zero-order chi connectivity index (χ0) is 17.6. The summed E-state index contributed by atoms with van der Waals surface area (Å²) in [5.74, 6) is -0.148. The molecule has 0 aliphatic carbocycles. The van der Waals surface area contributed by atoms with Gasteiger partial charge in [-0.15, -0.1) is 0 Å². The first-order valence-corrected chi connectivity index (χ1v) is 8.40. The smallest absolute Gasteiger partial charge is 0.244 e. The number of pyridine rings is 1. The van der Waals surface area contributed by atoms with Gasteiger partial charge in [-0.1, -0.05) is 37.6 Å². The average molecular weight is 347 g/mol. The molecule has 0 atom stereocenters. The van der Waals surface area contributed by atoms with Gasteiger partial charge in [-0.25, -0.2) is 4.98 Å². The summed E-state index contributed by atoms with van der Waals surface area (Å²) in [6.07, 6.45) is 4.86. The molecule has 24 heavy (non-hydrogen) atoms. The molecule has 1 aromatic heterocycles. The minimum absolute atomic E-state index is 0.100. The zero-order valence-corrected chi connectivity index (χ0v) is 14.8. The van der Waals surface area contributed by atoms with E-state index in [9.17, 15) is 9.90 Å². The molecule has 0 saturated carbocycles. The first kappa shape index (κ1) is 18.4. The third-order valence-electron chi connectivity index (χ3n) is 3.84. The van der Waals surface area contributed by atoms with Crippen molar-refractivity contribution in [2.45, 2.75) is 26.7 Å². The molecule has 2 rings (SSSR count). The van der Waals surface area contributed by atoms with E-state index in [2.05, 4.69) is 10.3 Å². The second-order valence-corrected chi connectivity index (χ2v) is 7.06. The molecule has 0 radical (unpaired) electrons. The molecule has 2 aromatic rings. The fraction of sp³-hybridized carbons (Fsp3) is 0.368. The fourth-order valence-corrected chi connectivity index (χ4v) is 2.44. The summed E-state index contributed by atoms with van der Waals surface area (Å²) >= 11 is 5.97. The van der Waals surface area contributed by atoms with Crippen molar-refractivity contribution in [1.82, 2.24) is 10.3 Å². The third kappa shape index (κ3) is 5.62. The Kier molecular flexibility index (Phi) is 6.35. The number of rotatable bonds is 7. The van der Waals surface area contributed by atoms with Crippen LogP contribution < -0.4 is 5.32 Å². The summed E-state index contributed by atoms with van der Waals surface area (Å²) in [5.41, 5.74) is 1.41. The topological polar surface area (TPSA) is 62.2 Å². The Labute approximate surface area is 147 Å². The Hall–Kier alpha value is -1.91. The second kappa shape index (κ2) is 8.27. The molecule has 0 unspecified atom stereocenters. The molecule has 0 aliphatic rings. The van der Waals surface area contributed by atoms with Gasteiger partial charge in [0, 0.05) is 29.6 Å². The van der Waals surface area contributed by atoms with E-state index in [4.69, 9.17) is 11.6 Å². The van der Waals surface area contributed by atoms with Crippen LogP contribution in [0.25, 0.3) is 17.0 Å². The number of fused-ring (bicyclic) bond motifs is 1. The van der Waals surface area contributed by atoms with Gasteiger partial charge in [0.1, 0.15) is 0 Å². The van der Waals surface area contributed by atoms with E-state index in [-0.39, 0.29) is 17.9 Å². The maximum Gasteiger partial charge on any atom is 0.244 e. The molecule has 0 bridgehead atoms. The number of aliphatic hydroxyl groups excluding tert-OH is 1. The number of aliphatic hydroxyl groups is 1. The second-order valence-electron chi connectivity index (χ2n) is 6.62. The van der Waals surface area contributed by atoms with Crippen molar-refractivity contribution in [3.8, 4) is 0 Å². The quantitative estimate of drug-likeness (QED) is 0.592. The van der Waals surface area contributed by atoms with Crippen LogP contribution in [0.15, 0.2) is 36.4 Å². The van der Waals surface area contributed by atoms with E-state index in [1.54, 1.807) is 12.1 Å². The van der Waals surface area contributed by atoms with E-state index in [0.717, 1.165) is 23.7 Å². The number of carbonyl (C=O) groups is 1. The highest BCUT2D eigenvalue weighted by atomic mass is 35.5. The number of hydrogen-bond donors (Lipinski definition) is 2. The van der Waals surface area contributed by atoms with E-state index >= 15 is 0 Å². The van der Waals surface area contributed by atoms with Crippen molar-refractivity contribution in [3.05, 3.63) is 47.1 Å². The molecule has 1 aromatic carbocycles. The number of amides is 1. The number of benzene rings is 1. The van der Waals surface area contributed by atoms with Crippen LogP contribution in [0.3, 0.4) is 0 Å². The molecule has 0 spiro atoms. The van der Waals surface area contributed by atoms with Gasteiger partial charge >= 0.3 is 0 Å². The lowest BCUT2D eigenvalue weighted by Crippen LogP contribution is -2.24. The van der Waals surface area contributed by atoms with Gasteiger partial charge in [-0.05, 0) is 42.5 Å². The molecule has 5 heteroatoms. The Balaban J connectivity index is 1.87. The van der Waals surface area contributed by atoms with Crippen LogP contribution in [0.1, 0.15) is 32.4 Å². The lowest BCUT2D eigenvalue weighted by molar-refractivity contribution is -0.116. The van der Waals surface area contributed by atoms with Gasteiger partial charge < -0.3 is 10.4 Å². The summed E-state index contributed by atoms with van der Waals surface area (Å²) in [5, 5.41) is 13.7. The Morgan fingerprint density at radius 1 is 1.33 bits per heavy atom. The summed E-state index contributed by atoms with van der Waals surface area (Å²) in [6, 6.07) is 9.36. The molecule has 0 fully saturated rings. The van der Waals surface area contributed by atoms with Gasteiger partial charge in [-0.3, -0.25) is 4.79 Å². The van der Waals surface area contributed by atoms with Crippen molar-refractivity contribution >= 4 is 34.5 Å². The highest BCUT2D eigenvalue weighted by molar-refractivity contribution is 6.31. The maximum absolute atomic E-state index is 11.8. The molecular formula is C19H23ClN2O2. The number of nitrogens with one attached hydrogen (secondary N) is 1. The molecule has 1 amide bonds. The molecule has 0 aliphatic heterocycles. The first-order chi connectivity index (χ1) is 11.4. The Morgan fingerprint density at radius 3 is 2.83 bits per heavy atom. The van der Waals surface area contributed by atoms with Gasteiger partial charge in [0.05, 0.1) is 11.2 Å². The molecule has 4 nitrogen and oxygen atoms in total. The predicted molar refractivity (Wildman–Crippen MR) is 98.9 cm³/mol. The van der Waals surface area contributed by atoms with E-state index < -0.39 is 0 Å². The fourth-order valence-electron chi connectivity index (χ4n) is 2.28. The molecule has 128 valence electrons. The van der Waals surface area contributed by atoms with E-state index in [1.807, 2.05) is 38.1 Å². The van der Waals surface area contributed by atoms with Crippen LogP contribution in [0.4, 0.5) is 0 Å². The number of hydrogen-bond acceptors (Lipinski definition) is 3. The minimum atomic E-state index is -0.148. The van der Waals surface area contributed by atoms with Crippen molar-refractivity contribution < 1.29 is 9.90 Å². The third-order valence-corrected chi connectivity index (χ3v) is 4.07. The van der Waals surface area contributed by atoms with Gasteiger partial charge in [-0.2, -0.15) is 0 Å². The van der Waals surface area contributed by atoms with Crippen LogP contribution in [-0.4, -0.2) is 29.1 Å². The zero-order valence-electron chi connectivity index (χ0n) is 14.1. The SMILES string of the molecule is CC(C)(CO)CCCNC(=O)/C=C/c1ccc2ccc(Cl)cc2n1. The van der Waals surface area contributed by atoms with Crippen molar-refractivity contribution in [3.63, 3.8) is 0 Å². The van der Waals surface area contributed by atoms with Gasteiger partial charge in [0.15, 0.2) is 0 Å². The van der Waals surface area contributed by atoms with Crippen LogP contribution in [0, 0.1) is 5.41 Å². The molecule has 0 saturated heterocycles. The Bertz CT molecular complexity index is 741. The highest BCUT2D eigenvalue weighted by Gasteiger charge is 2.15. The number of halogens is 1. The summed E-state index contributed by atoms with van der Waals surface area (Å²) in [4.78, 5) is 16.3. The van der Waals surface area contributed by atoms with E-state index in [1.165, 1.54) is 6.08 Å². The number of carbonyl (C=O) groups excluding carboxylic acids is 1. The number of nitrogens with zero attached hydrogens (tertiary/aromatic N) is 1. The average Bonchev–Trinajstić information content (AvgIpc) is 2.56. The normalized spacial score (nSPS) is 12.0.